The third-order valence-electron chi connectivity index (χ3n) is 6.45. The molecule has 2 saturated heterocycles. The van der Waals surface area contributed by atoms with Gasteiger partial charge in [-0.15, -0.1) is 11.3 Å². The summed E-state index contributed by atoms with van der Waals surface area (Å²) in [5, 5.41) is 4.77. The molecule has 4 rings (SSSR count). The number of amides is 2. The Morgan fingerprint density at radius 2 is 1.79 bits per heavy atom. The average Bonchev–Trinajstić information content (AvgIpc) is 3.21. The number of benzene rings is 1. The molecule has 1 aromatic heterocycles. The van der Waals surface area contributed by atoms with Crippen LogP contribution in [-0.2, 0) is 14.8 Å². The van der Waals surface area contributed by atoms with E-state index in [2.05, 4.69) is 5.32 Å². The van der Waals surface area contributed by atoms with E-state index in [4.69, 9.17) is 0 Å². The number of rotatable bonds is 5. The van der Waals surface area contributed by atoms with Gasteiger partial charge in [-0.2, -0.15) is 4.31 Å². The first-order valence-corrected chi connectivity index (χ1v) is 13.9. The summed E-state index contributed by atoms with van der Waals surface area (Å²) < 4.78 is 28.2. The smallest absolute Gasteiger partial charge is 0.263 e. The normalized spacial score (nSPS) is 20.3. The Morgan fingerprint density at radius 3 is 2.48 bits per heavy atom. The zero-order valence-electron chi connectivity index (χ0n) is 19.0. The zero-order valence-corrected chi connectivity index (χ0v) is 20.6. The predicted molar refractivity (Wildman–Crippen MR) is 130 cm³/mol. The van der Waals surface area contributed by atoms with Gasteiger partial charge in [-0.3, -0.25) is 9.59 Å². The second kappa shape index (κ2) is 10.4. The molecule has 0 aliphatic carbocycles. The predicted octanol–water partition coefficient (Wildman–Crippen LogP) is 4.11. The van der Waals surface area contributed by atoms with Crippen molar-refractivity contribution < 1.29 is 18.0 Å². The standard InChI is InChI=1S/C24H31N3O4S2/c1-18-10-11-20(16-22(18)33(30,31)27-13-4-2-3-5-14-27)25-23(28)19-8-6-12-26(17-19)24(29)21-9-7-15-32-21/h7,9-11,15-16,19H,2-6,8,12-14,17H2,1H3,(H,25,28). The Balaban J connectivity index is 1.46. The highest BCUT2D eigenvalue weighted by Crippen LogP contribution is 2.27. The molecule has 2 aromatic rings. The van der Waals surface area contributed by atoms with Crippen molar-refractivity contribution in [1.29, 1.82) is 0 Å². The summed E-state index contributed by atoms with van der Waals surface area (Å²) in [5.41, 5.74) is 1.14. The topological polar surface area (TPSA) is 86.8 Å². The molecule has 2 aliphatic heterocycles. The van der Waals surface area contributed by atoms with E-state index in [-0.39, 0.29) is 22.6 Å². The van der Waals surface area contributed by atoms with Gasteiger partial charge in [0, 0.05) is 31.9 Å². The lowest BCUT2D eigenvalue weighted by atomic mass is 9.97. The summed E-state index contributed by atoms with van der Waals surface area (Å²) >= 11 is 1.40. The molecule has 178 valence electrons. The number of anilines is 1. The van der Waals surface area contributed by atoms with Gasteiger partial charge < -0.3 is 10.2 Å². The van der Waals surface area contributed by atoms with E-state index in [0.717, 1.165) is 32.1 Å². The number of likely N-dealkylation sites (tertiary alicyclic amines) is 1. The number of piperidine rings is 1. The lowest BCUT2D eigenvalue weighted by Gasteiger charge is -2.31. The molecular formula is C24H31N3O4S2. The number of nitrogens with one attached hydrogen (secondary N) is 1. The zero-order chi connectivity index (χ0) is 23.4. The molecule has 0 bridgehead atoms. The first kappa shape index (κ1) is 23.9. The van der Waals surface area contributed by atoms with Crippen molar-refractivity contribution in [3.05, 3.63) is 46.2 Å². The van der Waals surface area contributed by atoms with Crippen LogP contribution in [0, 0.1) is 12.8 Å². The van der Waals surface area contributed by atoms with Gasteiger partial charge in [-0.25, -0.2) is 8.42 Å². The van der Waals surface area contributed by atoms with Crippen LogP contribution < -0.4 is 5.32 Å². The van der Waals surface area contributed by atoms with E-state index in [0.29, 0.717) is 48.7 Å². The van der Waals surface area contributed by atoms with Crippen molar-refractivity contribution in [3.8, 4) is 0 Å². The second-order valence-corrected chi connectivity index (χ2v) is 11.7. The van der Waals surface area contributed by atoms with Gasteiger partial charge in [0.1, 0.15) is 0 Å². The van der Waals surface area contributed by atoms with Crippen molar-refractivity contribution in [2.75, 3.05) is 31.5 Å². The summed E-state index contributed by atoms with van der Waals surface area (Å²) in [6.07, 6.45) is 5.31. The van der Waals surface area contributed by atoms with Crippen molar-refractivity contribution in [2.24, 2.45) is 5.92 Å². The number of carbonyl (C=O) groups excluding carboxylic acids is 2. The van der Waals surface area contributed by atoms with Crippen molar-refractivity contribution in [1.82, 2.24) is 9.21 Å². The highest BCUT2D eigenvalue weighted by atomic mass is 32.2. The van der Waals surface area contributed by atoms with Gasteiger partial charge in [0.15, 0.2) is 0 Å². The van der Waals surface area contributed by atoms with Crippen molar-refractivity contribution in [2.45, 2.75) is 50.3 Å². The van der Waals surface area contributed by atoms with Gasteiger partial charge in [-0.05, 0) is 61.7 Å². The first-order valence-electron chi connectivity index (χ1n) is 11.6. The molecule has 33 heavy (non-hydrogen) atoms. The quantitative estimate of drug-likeness (QED) is 0.685. The molecule has 9 heteroatoms. The minimum Gasteiger partial charge on any atom is -0.337 e. The lowest BCUT2D eigenvalue weighted by molar-refractivity contribution is -0.121. The van der Waals surface area contributed by atoms with Crippen LogP contribution in [0.3, 0.4) is 0 Å². The van der Waals surface area contributed by atoms with Gasteiger partial charge >= 0.3 is 0 Å². The maximum Gasteiger partial charge on any atom is 0.263 e. The Bertz CT molecular complexity index is 1090. The molecule has 1 aromatic carbocycles. The van der Waals surface area contributed by atoms with E-state index < -0.39 is 10.0 Å². The molecule has 0 saturated carbocycles. The highest BCUT2D eigenvalue weighted by molar-refractivity contribution is 7.89. The number of thiophene rings is 1. The van der Waals surface area contributed by atoms with Crippen molar-refractivity contribution >= 4 is 38.9 Å². The third-order valence-corrected chi connectivity index (χ3v) is 9.35. The number of hydrogen-bond acceptors (Lipinski definition) is 5. The van der Waals surface area contributed by atoms with E-state index in [1.54, 1.807) is 40.4 Å². The van der Waals surface area contributed by atoms with Gasteiger partial charge in [0.05, 0.1) is 15.7 Å². The van der Waals surface area contributed by atoms with Crippen LogP contribution in [0.4, 0.5) is 5.69 Å². The Morgan fingerprint density at radius 1 is 1.03 bits per heavy atom. The number of hydrogen-bond donors (Lipinski definition) is 1. The van der Waals surface area contributed by atoms with Gasteiger partial charge in [0.25, 0.3) is 5.91 Å². The third kappa shape index (κ3) is 5.47. The van der Waals surface area contributed by atoms with Crippen LogP contribution in [-0.4, -0.2) is 55.6 Å². The molecule has 3 heterocycles. The fourth-order valence-electron chi connectivity index (χ4n) is 4.55. The van der Waals surface area contributed by atoms with Crippen LogP contribution in [0.1, 0.15) is 53.8 Å². The summed E-state index contributed by atoms with van der Waals surface area (Å²) in [7, 11) is -3.61. The number of aryl methyl sites for hydroxylation is 1. The van der Waals surface area contributed by atoms with Crippen LogP contribution in [0.5, 0.6) is 0 Å². The van der Waals surface area contributed by atoms with Crippen LogP contribution >= 0.6 is 11.3 Å². The average molecular weight is 490 g/mol. The van der Waals surface area contributed by atoms with Crippen LogP contribution in [0.15, 0.2) is 40.6 Å². The van der Waals surface area contributed by atoms with E-state index >= 15 is 0 Å². The minimum atomic E-state index is -3.61. The molecule has 7 nitrogen and oxygen atoms in total. The molecule has 2 amide bonds. The second-order valence-electron chi connectivity index (χ2n) is 8.86. The summed E-state index contributed by atoms with van der Waals surface area (Å²) in [6, 6.07) is 8.71. The molecule has 0 radical (unpaired) electrons. The molecule has 1 N–H and O–H groups in total. The monoisotopic (exact) mass is 489 g/mol. The molecular weight excluding hydrogens is 458 g/mol. The van der Waals surface area contributed by atoms with Crippen LogP contribution in [0.25, 0.3) is 0 Å². The fraction of sp³-hybridized carbons (Fsp3) is 0.500. The number of nitrogens with zero attached hydrogens (tertiary/aromatic N) is 2. The number of carbonyl (C=O) groups is 2. The Kier molecular flexibility index (Phi) is 7.51. The van der Waals surface area contributed by atoms with E-state index in [9.17, 15) is 18.0 Å². The minimum absolute atomic E-state index is 0.0383. The first-order chi connectivity index (χ1) is 15.9. The lowest BCUT2D eigenvalue weighted by Crippen LogP contribution is -2.43. The Labute approximate surface area is 199 Å². The van der Waals surface area contributed by atoms with Gasteiger partial charge in [-0.1, -0.05) is 25.0 Å². The summed E-state index contributed by atoms with van der Waals surface area (Å²) in [4.78, 5) is 28.4. The maximum atomic E-state index is 13.3. The number of sulfonamides is 1. The largest absolute Gasteiger partial charge is 0.337 e. The molecule has 0 spiro atoms. The van der Waals surface area contributed by atoms with Crippen LogP contribution in [0.2, 0.25) is 0 Å². The van der Waals surface area contributed by atoms with E-state index in [1.807, 2.05) is 11.4 Å². The maximum absolute atomic E-state index is 13.3. The Hall–Kier alpha value is -2.23. The molecule has 1 unspecified atom stereocenters. The molecule has 1 atom stereocenters. The SMILES string of the molecule is Cc1ccc(NC(=O)C2CCCN(C(=O)c3cccs3)C2)cc1S(=O)(=O)N1CCCCCC1. The van der Waals surface area contributed by atoms with E-state index in [1.165, 1.54) is 11.3 Å². The highest BCUT2D eigenvalue weighted by Gasteiger charge is 2.30. The summed E-state index contributed by atoms with van der Waals surface area (Å²) in [6.45, 7) is 3.87. The van der Waals surface area contributed by atoms with Gasteiger partial charge in [0.2, 0.25) is 15.9 Å². The molecule has 2 aliphatic rings. The summed E-state index contributed by atoms with van der Waals surface area (Å²) in [5.74, 6) is -0.543. The fourth-order valence-corrected chi connectivity index (χ4v) is 7.01. The molecule has 2 fully saturated rings. The van der Waals surface area contributed by atoms with Crippen molar-refractivity contribution in [3.63, 3.8) is 0 Å².